The molecule has 23 heavy (non-hydrogen) atoms. The van der Waals surface area contributed by atoms with E-state index >= 15 is 0 Å². The molecule has 5 nitrogen and oxygen atoms in total. The summed E-state index contributed by atoms with van der Waals surface area (Å²) in [6, 6.07) is 7.11. The zero-order valence-electron chi connectivity index (χ0n) is 14.3. The van der Waals surface area contributed by atoms with Gasteiger partial charge >= 0.3 is 5.97 Å². The third kappa shape index (κ3) is 6.59. The predicted molar refractivity (Wildman–Crippen MR) is 89.0 cm³/mol. The minimum Gasteiger partial charge on any atom is -0.494 e. The lowest BCUT2D eigenvalue weighted by atomic mass is 10.1. The summed E-state index contributed by atoms with van der Waals surface area (Å²) >= 11 is 0. The first kappa shape index (κ1) is 17.8. The third-order valence-electron chi connectivity index (χ3n) is 3.48. The molecule has 1 fully saturated rings. The number of benzene rings is 1. The van der Waals surface area contributed by atoms with Gasteiger partial charge in [-0.05, 0) is 51.5 Å². The second-order valence-corrected chi connectivity index (χ2v) is 6.68. The van der Waals surface area contributed by atoms with Crippen molar-refractivity contribution in [3.8, 4) is 5.75 Å². The summed E-state index contributed by atoms with van der Waals surface area (Å²) in [4.78, 5) is 14.3. The van der Waals surface area contributed by atoms with Crippen molar-refractivity contribution in [2.24, 2.45) is 0 Å². The van der Waals surface area contributed by atoms with E-state index in [1.54, 1.807) is 12.1 Å². The summed E-state index contributed by atoms with van der Waals surface area (Å²) in [7, 11) is 0. The van der Waals surface area contributed by atoms with E-state index in [1.807, 2.05) is 32.9 Å². The molecule has 0 unspecified atom stereocenters. The number of morpholine rings is 1. The highest BCUT2D eigenvalue weighted by Gasteiger charge is 2.17. The molecular weight excluding hydrogens is 294 g/mol. The number of carbonyl (C=O) groups excluding carboxylic acids is 1. The molecule has 1 aromatic rings. The Morgan fingerprint density at radius 1 is 1.17 bits per heavy atom. The van der Waals surface area contributed by atoms with Crippen molar-refractivity contribution in [2.75, 3.05) is 39.5 Å². The number of rotatable bonds is 6. The molecule has 1 heterocycles. The molecule has 0 radical (unpaired) electrons. The smallest absolute Gasteiger partial charge is 0.338 e. The van der Waals surface area contributed by atoms with E-state index in [1.165, 1.54) is 0 Å². The molecule has 0 saturated carbocycles. The highest BCUT2D eigenvalue weighted by atomic mass is 16.6. The number of hydrogen-bond acceptors (Lipinski definition) is 5. The van der Waals surface area contributed by atoms with Gasteiger partial charge in [-0.15, -0.1) is 0 Å². The maximum Gasteiger partial charge on any atom is 0.338 e. The molecule has 1 aliphatic rings. The fraction of sp³-hybridized carbons (Fsp3) is 0.611. The molecule has 0 aromatic heterocycles. The first-order valence-electron chi connectivity index (χ1n) is 8.20. The van der Waals surface area contributed by atoms with Gasteiger partial charge in [0.05, 0.1) is 25.4 Å². The molecule has 0 amide bonds. The number of hydrogen-bond donors (Lipinski definition) is 0. The number of esters is 1. The van der Waals surface area contributed by atoms with Gasteiger partial charge in [0.25, 0.3) is 0 Å². The van der Waals surface area contributed by atoms with Crippen LogP contribution in [0, 0.1) is 0 Å². The van der Waals surface area contributed by atoms with Crippen LogP contribution in [0.15, 0.2) is 24.3 Å². The van der Waals surface area contributed by atoms with Crippen LogP contribution >= 0.6 is 0 Å². The van der Waals surface area contributed by atoms with Gasteiger partial charge in [-0.25, -0.2) is 4.79 Å². The van der Waals surface area contributed by atoms with Crippen molar-refractivity contribution in [1.82, 2.24) is 4.90 Å². The van der Waals surface area contributed by atoms with E-state index in [-0.39, 0.29) is 5.97 Å². The molecule has 128 valence electrons. The summed E-state index contributed by atoms with van der Waals surface area (Å²) < 4.78 is 16.4. The Balaban J connectivity index is 1.71. The first-order chi connectivity index (χ1) is 10.9. The van der Waals surface area contributed by atoms with Crippen molar-refractivity contribution in [1.29, 1.82) is 0 Å². The van der Waals surface area contributed by atoms with Crippen LogP contribution in [0.25, 0.3) is 0 Å². The van der Waals surface area contributed by atoms with E-state index in [0.29, 0.717) is 12.2 Å². The maximum absolute atomic E-state index is 11.9. The molecule has 1 aromatic carbocycles. The lowest BCUT2D eigenvalue weighted by Gasteiger charge is -2.26. The third-order valence-corrected chi connectivity index (χ3v) is 3.48. The SMILES string of the molecule is CC(C)(C)OC(=O)c1ccc(OCCCN2CCOCC2)cc1. The first-order valence-corrected chi connectivity index (χ1v) is 8.20. The molecule has 2 rings (SSSR count). The lowest BCUT2D eigenvalue weighted by molar-refractivity contribution is 0.00695. The Bertz CT molecular complexity index is 487. The van der Waals surface area contributed by atoms with Crippen LogP contribution in [0.5, 0.6) is 5.75 Å². The van der Waals surface area contributed by atoms with Gasteiger partial charge in [0.15, 0.2) is 0 Å². The molecule has 0 atom stereocenters. The van der Waals surface area contributed by atoms with Gasteiger partial charge in [0.1, 0.15) is 11.4 Å². The minimum absolute atomic E-state index is 0.309. The van der Waals surface area contributed by atoms with E-state index in [0.717, 1.165) is 45.0 Å². The fourth-order valence-corrected chi connectivity index (χ4v) is 2.33. The van der Waals surface area contributed by atoms with Gasteiger partial charge in [0.2, 0.25) is 0 Å². The second-order valence-electron chi connectivity index (χ2n) is 6.68. The molecule has 0 N–H and O–H groups in total. The zero-order chi connectivity index (χ0) is 16.7. The maximum atomic E-state index is 11.9. The highest BCUT2D eigenvalue weighted by molar-refractivity contribution is 5.89. The van der Waals surface area contributed by atoms with Crippen LogP contribution in [0.1, 0.15) is 37.6 Å². The Morgan fingerprint density at radius 3 is 2.43 bits per heavy atom. The van der Waals surface area contributed by atoms with Crippen molar-refractivity contribution < 1.29 is 19.0 Å². The standard InChI is InChI=1S/C18H27NO4/c1-18(2,3)23-17(20)15-5-7-16(8-6-15)22-12-4-9-19-10-13-21-14-11-19/h5-8H,4,9-14H2,1-3H3. The van der Waals surface area contributed by atoms with Crippen LogP contribution in [-0.4, -0.2) is 55.9 Å². The Hall–Kier alpha value is -1.59. The van der Waals surface area contributed by atoms with Crippen molar-refractivity contribution >= 4 is 5.97 Å². The highest BCUT2D eigenvalue weighted by Crippen LogP contribution is 2.16. The Labute approximate surface area is 138 Å². The Morgan fingerprint density at radius 2 is 1.83 bits per heavy atom. The number of ether oxygens (including phenoxy) is 3. The van der Waals surface area contributed by atoms with E-state index in [9.17, 15) is 4.79 Å². The van der Waals surface area contributed by atoms with Gasteiger partial charge in [-0.1, -0.05) is 0 Å². The summed E-state index contributed by atoms with van der Waals surface area (Å²) in [5, 5.41) is 0. The van der Waals surface area contributed by atoms with Crippen LogP contribution in [0.4, 0.5) is 0 Å². The largest absolute Gasteiger partial charge is 0.494 e. The van der Waals surface area contributed by atoms with Crippen molar-refractivity contribution in [3.63, 3.8) is 0 Å². The number of nitrogens with zero attached hydrogens (tertiary/aromatic N) is 1. The lowest BCUT2D eigenvalue weighted by Crippen LogP contribution is -2.37. The van der Waals surface area contributed by atoms with Crippen LogP contribution in [0.2, 0.25) is 0 Å². The molecular formula is C18H27NO4. The van der Waals surface area contributed by atoms with Gasteiger partial charge in [-0.2, -0.15) is 0 Å². The predicted octanol–water partition coefficient (Wildman–Crippen LogP) is 2.74. The van der Waals surface area contributed by atoms with Crippen LogP contribution in [-0.2, 0) is 9.47 Å². The average molecular weight is 321 g/mol. The van der Waals surface area contributed by atoms with Crippen molar-refractivity contribution in [3.05, 3.63) is 29.8 Å². The quantitative estimate of drug-likeness (QED) is 0.595. The van der Waals surface area contributed by atoms with Gasteiger partial charge in [-0.3, -0.25) is 4.90 Å². The normalized spacial score (nSPS) is 16.1. The van der Waals surface area contributed by atoms with Crippen molar-refractivity contribution in [2.45, 2.75) is 32.8 Å². The van der Waals surface area contributed by atoms with E-state index in [2.05, 4.69) is 4.90 Å². The molecule has 5 heteroatoms. The summed E-state index contributed by atoms with van der Waals surface area (Å²) in [5.41, 5.74) is 0.0618. The summed E-state index contributed by atoms with van der Waals surface area (Å²) in [6.07, 6.45) is 0.980. The molecule has 0 bridgehead atoms. The Kier molecular flexibility index (Phi) is 6.42. The summed E-state index contributed by atoms with van der Waals surface area (Å²) in [6.45, 7) is 10.9. The van der Waals surface area contributed by atoms with Crippen LogP contribution < -0.4 is 4.74 Å². The van der Waals surface area contributed by atoms with Gasteiger partial charge < -0.3 is 14.2 Å². The minimum atomic E-state index is -0.480. The van der Waals surface area contributed by atoms with Crippen LogP contribution in [0.3, 0.4) is 0 Å². The molecule has 1 aliphatic heterocycles. The van der Waals surface area contributed by atoms with E-state index in [4.69, 9.17) is 14.2 Å². The monoisotopic (exact) mass is 321 g/mol. The fourth-order valence-electron chi connectivity index (χ4n) is 2.33. The topological polar surface area (TPSA) is 48.0 Å². The number of carbonyl (C=O) groups is 1. The average Bonchev–Trinajstić information content (AvgIpc) is 2.51. The molecule has 0 aliphatic carbocycles. The molecule has 0 spiro atoms. The van der Waals surface area contributed by atoms with Gasteiger partial charge in [0, 0.05) is 19.6 Å². The van der Waals surface area contributed by atoms with E-state index < -0.39 is 5.60 Å². The molecule has 1 saturated heterocycles. The second kappa shape index (κ2) is 8.31. The zero-order valence-corrected chi connectivity index (χ0v) is 14.3. The summed E-state index contributed by atoms with van der Waals surface area (Å²) in [5.74, 6) is 0.468.